The number of aromatic nitrogens is 1. The summed E-state index contributed by atoms with van der Waals surface area (Å²) >= 11 is 0. The third kappa shape index (κ3) is 1.89. The number of hydrogen-bond acceptors (Lipinski definition) is 1. The molecule has 0 aliphatic carbocycles. The fourth-order valence-corrected chi connectivity index (χ4v) is 1.85. The van der Waals surface area contributed by atoms with E-state index in [9.17, 15) is 0 Å². The first-order chi connectivity index (χ1) is 5.95. The summed E-state index contributed by atoms with van der Waals surface area (Å²) in [4.78, 5) is 3.09. The molecule has 0 radical (unpaired) electrons. The van der Waals surface area contributed by atoms with E-state index in [1.54, 1.807) is 0 Å². The van der Waals surface area contributed by atoms with Crippen molar-refractivity contribution in [1.29, 1.82) is 0 Å². The molecule has 2 heterocycles. The van der Waals surface area contributed by atoms with Gasteiger partial charge in [-0.25, -0.2) is 0 Å². The molecule has 1 saturated heterocycles. The Balaban J connectivity index is 1.74. The second-order valence-electron chi connectivity index (χ2n) is 3.62. The van der Waals surface area contributed by atoms with Gasteiger partial charge in [0.15, 0.2) is 0 Å². The van der Waals surface area contributed by atoms with Crippen LogP contribution in [0.4, 0.5) is 0 Å². The van der Waals surface area contributed by atoms with Gasteiger partial charge < -0.3 is 10.3 Å². The van der Waals surface area contributed by atoms with Crippen LogP contribution in [-0.2, 0) is 6.42 Å². The number of aryl methyl sites for hydroxylation is 1. The Morgan fingerprint density at radius 3 is 3.17 bits per heavy atom. The van der Waals surface area contributed by atoms with Crippen LogP contribution in [0.15, 0.2) is 18.5 Å². The van der Waals surface area contributed by atoms with Gasteiger partial charge >= 0.3 is 0 Å². The summed E-state index contributed by atoms with van der Waals surface area (Å²) in [6.07, 6.45) is 8.04. The predicted octanol–water partition coefficient (Wildman–Crippen LogP) is 1.56. The second kappa shape index (κ2) is 3.76. The molecule has 1 aliphatic rings. The van der Waals surface area contributed by atoms with Gasteiger partial charge in [0, 0.05) is 12.4 Å². The maximum Gasteiger partial charge on any atom is 0.00373 e. The van der Waals surface area contributed by atoms with E-state index in [2.05, 4.69) is 22.6 Å². The van der Waals surface area contributed by atoms with Gasteiger partial charge in [-0.15, -0.1) is 0 Å². The zero-order valence-electron chi connectivity index (χ0n) is 7.34. The number of rotatable bonds is 3. The second-order valence-corrected chi connectivity index (χ2v) is 3.62. The summed E-state index contributed by atoms with van der Waals surface area (Å²) in [6, 6.07) is 2.17. The van der Waals surface area contributed by atoms with Crippen LogP contribution in [0.1, 0.15) is 18.4 Å². The molecule has 1 fully saturated rings. The number of hydrogen-bond donors (Lipinski definition) is 2. The third-order valence-corrected chi connectivity index (χ3v) is 2.67. The molecular formula is C10H16N2. The molecule has 66 valence electrons. The molecule has 1 unspecified atom stereocenters. The summed E-state index contributed by atoms with van der Waals surface area (Å²) in [5, 5.41) is 3.39. The van der Waals surface area contributed by atoms with Crippen molar-refractivity contribution in [3.05, 3.63) is 24.0 Å². The zero-order valence-corrected chi connectivity index (χ0v) is 7.34. The highest BCUT2D eigenvalue weighted by Crippen LogP contribution is 2.15. The monoisotopic (exact) mass is 164 g/mol. The molecule has 1 atom stereocenters. The highest BCUT2D eigenvalue weighted by atomic mass is 14.9. The van der Waals surface area contributed by atoms with Crippen LogP contribution < -0.4 is 5.32 Å². The van der Waals surface area contributed by atoms with Gasteiger partial charge in [-0.1, -0.05) is 0 Å². The van der Waals surface area contributed by atoms with Gasteiger partial charge in [-0.05, 0) is 49.9 Å². The van der Waals surface area contributed by atoms with Crippen LogP contribution >= 0.6 is 0 Å². The quantitative estimate of drug-likeness (QED) is 0.697. The summed E-state index contributed by atoms with van der Waals surface area (Å²) in [5.74, 6) is 0.917. The average Bonchev–Trinajstić information content (AvgIpc) is 2.74. The number of H-pyrrole nitrogens is 1. The lowest BCUT2D eigenvalue weighted by atomic mass is 10.0. The molecular weight excluding hydrogens is 148 g/mol. The molecule has 0 aromatic carbocycles. The lowest BCUT2D eigenvalue weighted by Gasteiger charge is -2.05. The molecule has 0 spiro atoms. The Labute approximate surface area is 73.4 Å². The Hall–Kier alpha value is -0.760. The van der Waals surface area contributed by atoms with E-state index in [0.717, 1.165) is 5.92 Å². The minimum atomic E-state index is 0.917. The van der Waals surface area contributed by atoms with E-state index >= 15 is 0 Å². The van der Waals surface area contributed by atoms with Crippen molar-refractivity contribution < 1.29 is 0 Å². The highest BCUT2D eigenvalue weighted by Gasteiger charge is 2.13. The summed E-state index contributed by atoms with van der Waals surface area (Å²) in [7, 11) is 0. The first-order valence-electron chi connectivity index (χ1n) is 4.77. The summed E-state index contributed by atoms with van der Waals surface area (Å²) in [6.45, 7) is 2.45. The Bertz CT molecular complexity index is 210. The van der Waals surface area contributed by atoms with Gasteiger partial charge in [-0.2, -0.15) is 0 Å². The molecule has 2 rings (SSSR count). The van der Waals surface area contributed by atoms with E-state index in [1.165, 1.54) is 37.9 Å². The van der Waals surface area contributed by atoms with Crippen LogP contribution in [-0.4, -0.2) is 18.1 Å². The third-order valence-electron chi connectivity index (χ3n) is 2.67. The first kappa shape index (κ1) is 7.87. The van der Waals surface area contributed by atoms with E-state index in [4.69, 9.17) is 0 Å². The first-order valence-corrected chi connectivity index (χ1v) is 4.77. The van der Waals surface area contributed by atoms with Crippen molar-refractivity contribution in [2.45, 2.75) is 19.3 Å². The average molecular weight is 164 g/mol. The predicted molar refractivity (Wildman–Crippen MR) is 50.1 cm³/mol. The smallest absolute Gasteiger partial charge is 0.00373 e. The molecule has 0 saturated carbocycles. The molecule has 1 aromatic heterocycles. The van der Waals surface area contributed by atoms with Crippen molar-refractivity contribution in [2.75, 3.05) is 13.1 Å². The van der Waals surface area contributed by atoms with Crippen LogP contribution in [0, 0.1) is 5.92 Å². The fourth-order valence-electron chi connectivity index (χ4n) is 1.85. The van der Waals surface area contributed by atoms with Gasteiger partial charge in [0.05, 0.1) is 0 Å². The molecule has 2 N–H and O–H groups in total. The van der Waals surface area contributed by atoms with Crippen LogP contribution in [0.25, 0.3) is 0 Å². The van der Waals surface area contributed by atoms with E-state index < -0.39 is 0 Å². The number of nitrogens with one attached hydrogen (secondary N) is 2. The molecule has 1 aliphatic heterocycles. The van der Waals surface area contributed by atoms with Crippen molar-refractivity contribution >= 4 is 0 Å². The maximum atomic E-state index is 3.39. The van der Waals surface area contributed by atoms with Crippen molar-refractivity contribution in [3.63, 3.8) is 0 Å². The minimum absolute atomic E-state index is 0.917. The molecule has 12 heavy (non-hydrogen) atoms. The Morgan fingerprint density at radius 1 is 1.50 bits per heavy atom. The Morgan fingerprint density at radius 2 is 2.50 bits per heavy atom. The van der Waals surface area contributed by atoms with E-state index in [0.29, 0.717) is 0 Å². The molecule has 2 nitrogen and oxygen atoms in total. The Kier molecular flexibility index (Phi) is 2.47. The lowest BCUT2D eigenvalue weighted by Crippen LogP contribution is -2.09. The number of aromatic amines is 1. The fraction of sp³-hybridized carbons (Fsp3) is 0.600. The standard InChI is InChI=1S/C10H16N2/c1(9-3-5-11-7-9)2-10-4-6-12-8-10/h3,5,7,10-12H,1-2,4,6,8H2. The van der Waals surface area contributed by atoms with Crippen molar-refractivity contribution in [1.82, 2.24) is 10.3 Å². The van der Waals surface area contributed by atoms with Gasteiger partial charge in [0.2, 0.25) is 0 Å². The molecule has 2 heteroatoms. The molecule has 1 aromatic rings. The minimum Gasteiger partial charge on any atom is -0.367 e. The van der Waals surface area contributed by atoms with Crippen molar-refractivity contribution in [3.8, 4) is 0 Å². The van der Waals surface area contributed by atoms with E-state index in [1.807, 2.05) is 6.20 Å². The molecule has 0 amide bonds. The van der Waals surface area contributed by atoms with Crippen LogP contribution in [0.3, 0.4) is 0 Å². The molecule has 0 bridgehead atoms. The zero-order chi connectivity index (χ0) is 8.23. The summed E-state index contributed by atoms with van der Waals surface area (Å²) < 4.78 is 0. The SMILES string of the molecule is c1cc(CCC2CCNC2)c[nH]1. The topological polar surface area (TPSA) is 27.8 Å². The lowest BCUT2D eigenvalue weighted by molar-refractivity contribution is 0.533. The van der Waals surface area contributed by atoms with Crippen LogP contribution in [0.2, 0.25) is 0 Å². The normalized spacial score (nSPS) is 23.2. The maximum absolute atomic E-state index is 3.39. The van der Waals surface area contributed by atoms with E-state index in [-0.39, 0.29) is 0 Å². The van der Waals surface area contributed by atoms with Gasteiger partial charge in [-0.3, -0.25) is 0 Å². The van der Waals surface area contributed by atoms with Gasteiger partial charge in [0.1, 0.15) is 0 Å². The summed E-state index contributed by atoms with van der Waals surface area (Å²) in [5.41, 5.74) is 1.45. The largest absolute Gasteiger partial charge is 0.367 e. The van der Waals surface area contributed by atoms with Gasteiger partial charge in [0.25, 0.3) is 0 Å². The highest BCUT2D eigenvalue weighted by molar-refractivity contribution is 5.08. The van der Waals surface area contributed by atoms with Crippen molar-refractivity contribution in [2.24, 2.45) is 5.92 Å². The van der Waals surface area contributed by atoms with Crippen LogP contribution in [0.5, 0.6) is 0 Å².